The Bertz CT molecular complexity index is 1060. The summed E-state index contributed by atoms with van der Waals surface area (Å²) in [7, 11) is 0. The van der Waals surface area contributed by atoms with Crippen LogP contribution < -0.4 is 5.32 Å². The van der Waals surface area contributed by atoms with Gasteiger partial charge in [0.25, 0.3) is 5.91 Å². The minimum atomic E-state index is -0.201. The molecule has 0 unspecified atom stereocenters. The first-order valence-corrected chi connectivity index (χ1v) is 11.3. The zero-order chi connectivity index (χ0) is 20.7. The van der Waals surface area contributed by atoms with Crippen molar-refractivity contribution in [1.82, 2.24) is 19.9 Å². The van der Waals surface area contributed by atoms with Gasteiger partial charge in [0.2, 0.25) is 0 Å². The number of hydrogen-bond acceptors (Lipinski definition) is 6. The molecule has 2 aliphatic heterocycles. The minimum Gasteiger partial charge on any atom is -0.368 e. The van der Waals surface area contributed by atoms with Crippen molar-refractivity contribution in [3.05, 3.63) is 58.4 Å². The van der Waals surface area contributed by atoms with Crippen molar-refractivity contribution in [1.29, 1.82) is 0 Å². The molecule has 3 fully saturated rings. The fraction of sp³-hybridized carbons (Fsp3) is 0.364. The van der Waals surface area contributed by atoms with Crippen LogP contribution in [-0.4, -0.2) is 44.4 Å². The predicted molar refractivity (Wildman–Crippen MR) is 119 cm³/mol. The maximum absolute atomic E-state index is 13.7. The number of thiazole rings is 1. The number of pyridine rings is 2. The zero-order valence-electron chi connectivity index (χ0n) is 16.6. The molecular formula is C22H22ClN5OS. The summed E-state index contributed by atoms with van der Waals surface area (Å²) in [5, 5.41) is 6.77. The van der Waals surface area contributed by atoms with Gasteiger partial charge in [0.05, 0.1) is 10.6 Å². The lowest BCUT2D eigenvalue weighted by molar-refractivity contribution is -0.0490. The van der Waals surface area contributed by atoms with Crippen LogP contribution >= 0.6 is 22.9 Å². The first-order valence-electron chi connectivity index (χ1n) is 10.1. The number of carbonyl (C=O) groups excluding carboxylic acids is 1. The van der Waals surface area contributed by atoms with Gasteiger partial charge in [-0.05, 0) is 56.4 Å². The molecule has 0 atom stereocenters. The number of aromatic nitrogens is 3. The number of rotatable bonds is 5. The van der Waals surface area contributed by atoms with E-state index in [2.05, 4.69) is 20.3 Å². The summed E-state index contributed by atoms with van der Waals surface area (Å²) in [4.78, 5) is 29.2. The highest BCUT2D eigenvalue weighted by Gasteiger charge is 2.54. The Kier molecular flexibility index (Phi) is 4.95. The second-order valence-electron chi connectivity index (χ2n) is 8.15. The molecule has 3 aromatic rings. The molecule has 0 spiro atoms. The first kappa shape index (κ1) is 19.5. The number of fused-ring (bicyclic) bond motifs is 2. The number of amides is 1. The summed E-state index contributed by atoms with van der Waals surface area (Å²) in [6.07, 6.45) is 6.46. The van der Waals surface area contributed by atoms with E-state index in [0.717, 1.165) is 47.9 Å². The number of nitrogens with zero attached hydrogens (tertiary/aromatic N) is 4. The Hall–Kier alpha value is -2.51. The molecule has 0 radical (unpaired) electrons. The topological polar surface area (TPSA) is 71.0 Å². The molecule has 5 heterocycles. The third-order valence-electron chi connectivity index (χ3n) is 6.14. The molecule has 2 saturated heterocycles. The van der Waals surface area contributed by atoms with Crippen molar-refractivity contribution in [3.8, 4) is 10.6 Å². The van der Waals surface area contributed by atoms with Crippen molar-refractivity contribution < 1.29 is 4.79 Å². The maximum Gasteiger partial charge on any atom is 0.273 e. The molecule has 8 heteroatoms. The van der Waals surface area contributed by atoms with E-state index in [1.165, 1.54) is 11.3 Å². The quantitative estimate of drug-likeness (QED) is 0.625. The fourth-order valence-electron chi connectivity index (χ4n) is 4.66. The number of nitrogens with one attached hydrogen (secondary N) is 1. The summed E-state index contributed by atoms with van der Waals surface area (Å²) < 4.78 is 0. The minimum absolute atomic E-state index is 0.00656. The number of hydrogen-bond donors (Lipinski definition) is 1. The van der Waals surface area contributed by atoms with Crippen molar-refractivity contribution in [2.24, 2.45) is 5.92 Å². The van der Waals surface area contributed by atoms with E-state index in [0.29, 0.717) is 23.2 Å². The van der Waals surface area contributed by atoms with Gasteiger partial charge in [-0.15, -0.1) is 11.3 Å². The smallest absolute Gasteiger partial charge is 0.273 e. The van der Waals surface area contributed by atoms with E-state index in [4.69, 9.17) is 11.6 Å². The molecule has 3 aromatic heterocycles. The van der Waals surface area contributed by atoms with Crippen LogP contribution in [0.2, 0.25) is 5.02 Å². The number of anilines is 1. The molecule has 3 aliphatic rings. The standard InChI is InChI=1S/C22H22ClN5OS/c1-14-2-4-17(20-24-7-9-30-20)19(27-14)21(29)28-8-6-15-10-22(28,11-15)13-26-18-5-3-16(23)12-25-18/h2-5,7,9,12,15H,6,8,10-11,13H2,1H3,(H,25,26). The number of halogens is 1. The highest BCUT2D eigenvalue weighted by molar-refractivity contribution is 7.13. The Labute approximate surface area is 184 Å². The van der Waals surface area contributed by atoms with Crippen molar-refractivity contribution >= 4 is 34.7 Å². The van der Waals surface area contributed by atoms with E-state index in [-0.39, 0.29) is 11.4 Å². The van der Waals surface area contributed by atoms with E-state index in [1.807, 2.05) is 41.5 Å². The Morgan fingerprint density at radius 2 is 2.17 bits per heavy atom. The summed E-state index contributed by atoms with van der Waals surface area (Å²) >= 11 is 7.47. The van der Waals surface area contributed by atoms with Crippen LogP contribution in [0.3, 0.4) is 0 Å². The van der Waals surface area contributed by atoms with Gasteiger partial charge in [-0.1, -0.05) is 11.6 Å². The van der Waals surface area contributed by atoms with Crippen molar-refractivity contribution in [2.75, 3.05) is 18.4 Å². The lowest BCUT2D eigenvalue weighted by Crippen LogP contribution is -2.67. The average Bonchev–Trinajstić information content (AvgIpc) is 3.27. The van der Waals surface area contributed by atoms with Crippen LogP contribution in [0.25, 0.3) is 10.6 Å². The van der Waals surface area contributed by atoms with Gasteiger partial charge in [-0.3, -0.25) is 4.79 Å². The van der Waals surface area contributed by atoms with E-state index in [1.54, 1.807) is 12.4 Å². The van der Waals surface area contributed by atoms with Gasteiger partial charge < -0.3 is 10.2 Å². The molecule has 30 heavy (non-hydrogen) atoms. The van der Waals surface area contributed by atoms with E-state index in [9.17, 15) is 4.79 Å². The summed E-state index contributed by atoms with van der Waals surface area (Å²) in [5.74, 6) is 1.46. The normalized spacial score (nSPS) is 22.5. The van der Waals surface area contributed by atoms with Gasteiger partial charge in [0, 0.05) is 42.1 Å². The van der Waals surface area contributed by atoms with Gasteiger partial charge in [-0.25, -0.2) is 15.0 Å². The van der Waals surface area contributed by atoms with Gasteiger partial charge in [0.15, 0.2) is 0 Å². The summed E-state index contributed by atoms with van der Waals surface area (Å²) in [5.41, 5.74) is 1.94. The molecular weight excluding hydrogens is 418 g/mol. The number of piperidine rings is 2. The third kappa shape index (κ3) is 3.46. The third-order valence-corrected chi connectivity index (χ3v) is 7.17. The predicted octanol–water partition coefficient (Wildman–Crippen LogP) is 4.67. The van der Waals surface area contributed by atoms with Crippen LogP contribution in [0.15, 0.2) is 42.0 Å². The average molecular weight is 440 g/mol. The monoisotopic (exact) mass is 439 g/mol. The van der Waals surface area contributed by atoms with Gasteiger partial charge >= 0.3 is 0 Å². The zero-order valence-corrected chi connectivity index (χ0v) is 18.2. The lowest BCUT2D eigenvalue weighted by Gasteiger charge is -2.59. The number of carbonyl (C=O) groups is 1. The van der Waals surface area contributed by atoms with Crippen molar-refractivity contribution in [2.45, 2.75) is 31.7 Å². The van der Waals surface area contributed by atoms with Gasteiger partial charge in [0.1, 0.15) is 16.5 Å². The molecule has 1 N–H and O–H groups in total. The van der Waals surface area contributed by atoms with Crippen LogP contribution in [-0.2, 0) is 0 Å². The fourth-order valence-corrected chi connectivity index (χ4v) is 5.43. The summed E-state index contributed by atoms with van der Waals surface area (Å²) in [6.45, 7) is 3.34. The Morgan fingerprint density at radius 1 is 1.30 bits per heavy atom. The highest BCUT2D eigenvalue weighted by Crippen LogP contribution is 2.49. The largest absolute Gasteiger partial charge is 0.368 e. The Morgan fingerprint density at radius 3 is 2.90 bits per heavy atom. The maximum atomic E-state index is 13.7. The molecule has 6 nitrogen and oxygen atoms in total. The highest BCUT2D eigenvalue weighted by atomic mass is 35.5. The van der Waals surface area contributed by atoms with Crippen LogP contribution in [0.1, 0.15) is 35.4 Å². The van der Waals surface area contributed by atoms with Crippen LogP contribution in [0.5, 0.6) is 0 Å². The first-order chi connectivity index (χ1) is 14.5. The number of aryl methyl sites for hydroxylation is 1. The molecule has 154 valence electrons. The summed E-state index contributed by atoms with van der Waals surface area (Å²) in [6, 6.07) is 7.59. The SMILES string of the molecule is Cc1ccc(-c2nccs2)c(C(=O)N2CCC3CC2(CNc2ccc(Cl)cn2)C3)n1. The molecule has 1 saturated carbocycles. The molecule has 6 rings (SSSR count). The molecule has 0 aromatic carbocycles. The van der Waals surface area contributed by atoms with Crippen molar-refractivity contribution in [3.63, 3.8) is 0 Å². The van der Waals surface area contributed by atoms with E-state index < -0.39 is 0 Å². The van der Waals surface area contributed by atoms with Crippen LogP contribution in [0.4, 0.5) is 5.82 Å². The van der Waals surface area contributed by atoms with Crippen LogP contribution in [0, 0.1) is 12.8 Å². The Balaban J connectivity index is 1.43. The van der Waals surface area contributed by atoms with Gasteiger partial charge in [-0.2, -0.15) is 0 Å². The molecule has 1 amide bonds. The second-order valence-corrected chi connectivity index (χ2v) is 9.48. The molecule has 2 bridgehead atoms. The second kappa shape index (κ2) is 7.63. The lowest BCUT2D eigenvalue weighted by atomic mass is 9.62. The van der Waals surface area contributed by atoms with E-state index >= 15 is 0 Å². The molecule has 1 aliphatic carbocycles.